The van der Waals surface area contributed by atoms with Crippen LogP contribution in [0.4, 0.5) is 14.9 Å². The van der Waals surface area contributed by atoms with Crippen molar-refractivity contribution in [1.29, 1.82) is 0 Å². The molecule has 1 N–H and O–H groups in total. The first-order chi connectivity index (χ1) is 12.7. The Morgan fingerprint density at radius 2 is 1.77 bits per heavy atom. The minimum atomic E-state index is -0.229. The van der Waals surface area contributed by atoms with Crippen LogP contribution >= 0.6 is 0 Å². The number of anilines is 1. The molecule has 3 rings (SSSR count). The molecule has 6 heteroatoms. The van der Waals surface area contributed by atoms with Gasteiger partial charge in [-0.05, 0) is 35.9 Å². The number of benzene rings is 2. The van der Waals surface area contributed by atoms with Gasteiger partial charge in [0.05, 0.1) is 12.8 Å². The lowest BCUT2D eigenvalue weighted by Crippen LogP contribution is -2.51. The largest absolute Gasteiger partial charge is 0.497 e. The van der Waals surface area contributed by atoms with Gasteiger partial charge in [0.15, 0.2) is 0 Å². The number of hydrogen-bond donors (Lipinski definition) is 1. The van der Waals surface area contributed by atoms with Crippen LogP contribution in [0.25, 0.3) is 6.08 Å². The molecule has 2 aromatic carbocycles. The van der Waals surface area contributed by atoms with Gasteiger partial charge in [0.2, 0.25) is 0 Å². The number of halogens is 1. The first-order valence-corrected chi connectivity index (χ1v) is 8.53. The minimum absolute atomic E-state index is 0.150. The molecule has 1 aliphatic rings. The number of nitrogens with one attached hydrogen (secondary N) is 1. The smallest absolute Gasteiger partial charge is 0.321 e. The van der Waals surface area contributed by atoms with Gasteiger partial charge in [-0.3, -0.25) is 0 Å². The molecule has 2 aromatic rings. The number of hydrogen-bond acceptors (Lipinski definition) is 3. The molecule has 0 saturated carbocycles. The van der Waals surface area contributed by atoms with Crippen LogP contribution in [0.1, 0.15) is 5.56 Å². The van der Waals surface area contributed by atoms with Crippen molar-refractivity contribution in [3.05, 3.63) is 66.1 Å². The average molecular weight is 355 g/mol. The fourth-order valence-electron chi connectivity index (χ4n) is 2.87. The van der Waals surface area contributed by atoms with E-state index >= 15 is 0 Å². The van der Waals surface area contributed by atoms with Gasteiger partial charge in [-0.25, -0.2) is 9.18 Å². The van der Waals surface area contributed by atoms with E-state index in [2.05, 4.69) is 5.32 Å². The molecule has 1 heterocycles. The van der Waals surface area contributed by atoms with Crippen LogP contribution < -0.4 is 15.0 Å². The van der Waals surface area contributed by atoms with Crippen molar-refractivity contribution in [3.63, 3.8) is 0 Å². The lowest BCUT2D eigenvalue weighted by molar-refractivity contribution is 0.198. The summed E-state index contributed by atoms with van der Waals surface area (Å²) in [6, 6.07) is 14.1. The molecule has 136 valence electrons. The summed E-state index contributed by atoms with van der Waals surface area (Å²) in [7, 11) is 1.62. The summed E-state index contributed by atoms with van der Waals surface area (Å²) in [6.07, 6.45) is 3.46. The highest BCUT2D eigenvalue weighted by Gasteiger charge is 2.22. The Morgan fingerprint density at radius 1 is 1.08 bits per heavy atom. The number of methoxy groups -OCH3 is 1. The fourth-order valence-corrected chi connectivity index (χ4v) is 2.87. The first kappa shape index (κ1) is 17.8. The van der Waals surface area contributed by atoms with E-state index in [4.69, 9.17) is 4.74 Å². The van der Waals surface area contributed by atoms with Crippen LogP contribution in [0.15, 0.2) is 54.7 Å². The van der Waals surface area contributed by atoms with Crippen LogP contribution in [0, 0.1) is 5.82 Å². The summed E-state index contributed by atoms with van der Waals surface area (Å²) in [5.74, 6) is 0.562. The molecule has 0 unspecified atom stereocenters. The SMILES string of the molecule is COc1ccc(/C=C/NC(=O)N2CCN(c3ccccc3F)CC2)cc1. The highest BCUT2D eigenvalue weighted by atomic mass is 19.1. The molecule has 0 aliphatic carbocycles. The van der Waals surface area contributed by atoms with Gasteiger partial charge in [-0.15, -0.1) is 0 Å². The molecule has 1 aliphatic heterocycles. The Bertz CT molecular complexity index is 769. The van der Waals surface area contributed by atoms with Gasteiger partial charge in [-0.1, -0.05) is 24.3 Å². The van der Waals surface area contributed by atoms with Gasteiger partial charge in [0, 0.05) is 32.4 Å². The zero-order valence-corrected chi connectivity index (χ0v) is 14.7. The number of carbonyl (C=O) groups excluding carboxylic acids is 1. The zero-order valence-electron chi connectivity index (χ0n) is 14.7. The number of piperazine rings is 1. The van der Waals surface area contributed by atoms with Gasteiger partial charge < -0.3 is 19.9 Å². The summed E-state index contributed by atoms with van der Waals surface area (Å²) >= 11 is 0. The van der Waals surface area contributed by atoms with Gasteiger partial charge in [0.1, 0.15) is 11.6 Å². The van der Waals surface area contributed by atoms with E-state index < -0.39 is 0 Å². The van der Waals surface area contributed by atoms with Crippen LogP contribution in [-0.2, 0) is 0 Å². The summed E-state index contributed by atoms with van der Waals surface area (Å²) in [6.45, 7) is 2.32. The molecular formula is C20H22FN3O2. The second-order valence-electron chi connectivity index (χ2n) is 5.98. The number of nitrogens with zero attached hydrogens (tertiary/aromatic N) is 2. The topological polar surface area (TPSA) is 44.8 Å². The average Bonchev–Trinajstić information content (AvgIpc) is 2.69. The van der Waals surface area contributed by atoms with Crippen molar-refractivity contribution in [1.82, 2.24) is 10.2 Å². The van der Waals surface area contributed by atoms with E-state index in [0.29, 0.717) is 31.9 Å². The number of ether oxygens (including phenoxy) is 1. The molecule has 1 saturated heterocycles. The van der Waals surface area contributed by atoms with E-state index in [1.54, 1.807) is 30.3 Å². The maximum absolute atomic E-state index is 13.9. The Morgan fingerprint density at radius 3 is 2.42 bits per heavy atom. The van der Waals surface area contributed by atoms with Gasteiger partial charge in [-0.2, -0.15) is 0 Å². The lowest BCUT2D eigenvalue weighted by Gasteiger charge is -2.35. The number of para-hydroxylation sites is 1. The Hall–Kier alpha value is -3.02. The van der Waals surface area contributed by atoms with E-state index in [1.165, 1.54) is 6.07 Å². The molecule has 0 aromatic heterocycles. The summed E-state index contributed by atoms with van der Waals surface area (Å²) in [5, 5.41) is 2.78. The Balaban J connectivity index is 1.49. The molecule has 2 amide bonds. The standard InChI is InChI=1S/C20H22FN3O2/c1-26-17-8-6-16(7-9-17)10-11-22-20(25)24-14-12-23(13-15-24)19-5-3-2-4-18(19)21/h2-11H,12-15H2,1H3,(H,22,25)/b11-10+. The van der Waals surface area contributed by atoms with Crippen molar-refractivity contribution in [3.8, 4) is 5.75 Å². The maximum atomic E-state index is 13.9. The number of urea groups is 1. The third-order valence-corrected chi connectivity index (χ3v) is 4.36. The summed E-state index contributed by atoms with van der Waals surface area (Å²) in [5.41, 5.74) is 1.56. The van der Waals surface area contributed by atoms with E-state index in [1.807, 2.05) is 41.3 Å². The van der Waals surface area contributed by atoms with Crippen LogP contribution in [0.2, 0.25) is 0 Å². The molecule has 0 atom stereocenters. The van der Waals surface area contributed by atoms with Crippen molar-refractivity contribution in [2.24, 2.45) is 0 Å². The number of rotatable bonds is 4. The molecule has 0 radical (unpaired) electrons. The van der Waals surface area contributed by atoms with Gasteiger partial charge in [0.25, 0.3) is 0 Å². The van der Waals surface area contributed by atoms with E-state index in [0.717, 1.165) is 11.3 Å². The highest BCUT2D eigenvalue weighted by molar-refractivity contribution is 5.76. The number of amides is 2. The molecule has 1 fully saturated rings. The number of carbonyl (C=O) groups is 1. The second-order valence-corrected chi connectivity index (χ2v) is 5.98. The Labute approximate surface area is 152 Å². The third-order valence-electron chi connectivity index (χ3n) is 4.36. The summed E-state index contributed by atoms with van der Waals surface area (Å²) in [4.78, 5) is 15.9. The minimum Gasteiger partial charge on any atom is -0.497 e. The monoisotopic (exact) mass is 355 g/mol. The first-order valence-electron chi connectivity index (χ1n) is 8.53. The van der Waals surface area contributed by atoms with Crippen LogP contribution in [0.5, 0.6) is 5.75 Å². The van der Waals surface area contributed by atoms with Crippen molar-refractivity contribution >= 4 is 17.8 Å². The van der Waals surface area contributed by atoms with Gasteiger partial charge >= 0.3 is 6.03 Å². The van der Waals surface area contributed by atoms with Crippen LogP contribution in [0.3, 0.4) is 0 Å². The quantitative estimate of drug-likeness (QED) is 0.915. The van der Waals surface area contributed by atoms with Crippen LogP contribution in [-0.4, -0.2) is 44.2 Å². The maximum Gasteiger partial charge on any atom is 0.321 e. The lowest BCUT2D eigenvalue weighted by atomic mass is 10.2. The molecule has 0 spiro atoms. The zero-order chi connectivity index (χ0) is 18.4. The normalized spacial score (nSPS) is 14.5. The van der Waals surface area contributed by atoms with Crippen molar-refractivity contribution < 1.29 is 13.9 Å². The predicted octanol–water partition coefficient (Wildman–Crippen LogP) is 3.34. The second kappa shape index (κ2) is 8.38. The highest BCUT2D eigenvalue weighted by Crippen LogP contribution is 2.20. The fraction of sp³-hybridized carbons (Fsp3) is 0.250. The van der Waals surface area contributed by atoms with E-state index in [-0.39, 0.29) is 11.8 Å². The van der Waals surface area contributed by atoms with Crippen molar-refractivity contribution in [2.45, 2.75) is 0 Å². The summed E-state index contributed by atoms with van der Waals surface area (Å²) < 4.78 is 19.0. The molecule has 5 nitrogen and oxygen atoms in total. The van der Waals surface area contributed by atoms with Crippen molar-refractivity contribution in [2.75, 3.05) is 38.2 Å². The Kier molecular flexibility index (Phi) is 5.73. The molecule has 0 bridgehead atoms. The third kappa shape index (κ3) is 4.33. The van der Waals surface area contributed by atoms with E-state index in [9.17, 15) is 9.18 Å². The molecular weight excluding hydrogens is 333 g/mol. The predicted molar refractivity (Wildman–Crippen MR) is 101 cm³/mol. The molecule has 26 heavy (non-hydrogen) atoms.